The Bertz CT molecular complexity index is 1400. The van der Waals surface area contributed by atoms with Crippen molar-refractivity contribution in [2.45, 2.75) is 59.0 Å². The monoisotopic (exact) mass is 548 g/mol. The van der Waals surface area contributed by atoms with Gasteiger partial charge in [0.25, 0.3) is 0 Å². The number of nitrogens with zero attached hydrogens (tertiary/aromatic N) is 6. The average molecular weight is 549 g/mol. The number of pyridine rings is 1. The number of halogens is 4. The zero-order chi connectivity index (χ0) is 28.9. The third kappa shape index (κ3) is 6.47. The fourth-order valence-electron chi connectivity index (χ4n) is 4.91. The molecule has 0 radical (unpaired) electrons. The van der Waals surface area contributed by atoms with Crippen LogP contribution in [0.1, 0.15) is 57.8 Å². The highest BCUT2D eigenvalue weighted by atomic mass is 19.4. The van der Waals surface area contributed by atoms with Crippen LogP contribution >= 0.6 is 0 Å². The Labute approximate surface area is 224 Å². The van der Waals surface area contributed by atoms with Crippen LogP contribution in [-0.4, -0.2) is 51.5 Å². The van der Waals surface area contributed by atoms with Crippen molar-refractivity contribution < 1.29 is 22.3 Å². The number of benzene rings is 1. The number of anilines is 1. The minimum absolute atomic E-state index is 0.103. The summed E-state index contributed by atoms with van der Waals surface area (Å²) in [7, 11) is 1.59. The van der Waals surface area contributed by atoms with Gasteiger partial charge in [-0.1, -0.05) is 33.8 Å². The van der Waals surface area contributed by atoms with E-state index in [0.717, 1.165) is 12.1 Å². The fraction of sp³-hybridized carbons (Fsp3) is 0.481. The van der Waals surface area contributed by atoms with Crippen molar-refractivity contribution in [1.82, 2.24) is 19.4 Å². The maximum absolute atomic E-state index is 14.9. The van der Waals surface area contributed by atoms with Gasteiger partial charge in [-0.25, -0.2) is 14.2 Å². The van der Waals surface area contributed by atoms with Gasteiger partial charge in [-0.3, -0.25) is 9.47 Å². The van der Waals surface area contributed by atoms with E-state index < -0.39 is 23.6 Å². The van der Waals surface area contributed by atoms with Crippen molar-refractivity contribution in [2.75, 3.05) is 24.5 Å². The van der Waals surface area contributed by atoms with Crippen molar-refractivity contribution in [2.24, 2.45) is 7.05 Å². The van der Waals surface area contributed by atoms with Crippen LogP contribution in [0.5, 0.6) is 5.75 Å². The van der Waals surface area contributed by atoms with Crippen molar-refractivity contribution in [1.29, 1.82) is 5.26 Å². The highest BCUT2D eigenvalue weighted by Crippen LogP contribution is 2.34. The molecule has 210 valence electrons. The van der Waals surface area contributed by atoms with Crippen LogP contribution in [0.4, 0.5) is 23.4 Å². The number of aromatic nitrogens is 3. The molecule has 2 atom stereocenters. The molecule has 0 bridgehead atoms. The lowest BCUT2D eigenvalue weighted by Gasteiger charge is -2.45. The second kappa shape index (κ2) is 12.4. The van der Waals surface area contributed by atoms with E-state index >= 15 is 0 Å². The van der Waals surface area contributed by atoms with Crippen LogP contribution in [0.25, 0.3) is 11.0 Å². The number of hydrogen-bond acceptors (Lipinski definition) is 7. The second-order valence-electron chi connectivity index (χ2n) is 8.86. The molecule has 1 aliphatic heterocycles. The molecule has 2 unspecified atom stereocenters. The summed E-state index contributed by atoms with van der Waals surface area (Å²) in [5.74, 6) is -0.973. The number of nitriles is 1. The molecular weight excluding hydrogens is 516 g/mol. The summed E-state index contributed by atoms with van der Waals surface area (Å²) >= 11 is 0. The molecule has 0 N–H and O–H groups in total. The highest BCUT2D eigenvalue weighted by Gasteiger charge is 2.34. The minimum Gasteiger partial charge on any atom is -0.406 e. The molecule has 1 aromatic carbocycles. The summed E-state index contributed by atoms with van der Waals surface area (Å²) in [6.07, 6.45) is -3.68. The molecule has 0 saturated carbocycles. The number of piperazine rings is 1. The first-order valence-electron chi connectivity index (χ1n) is 12.9. The Morgan fingerprint density at radius 1 is 1.15 bits per heavy atom. The Morgan fingerprint density at radius 3 is 2.46 bits per heavy atom. The van der Waals surface area contributed by atoms with E-state index in [9.17, 15) is 27.6 Å². The third-order valence-corrected chi connectivity index (χ3v) is 6.70. The molecule has 0 spiro atoms. The van der Waals surface area contributed by atoms with E-state index in [-0.39, 0.29) is 23.3 Å². The standard InChI is InChI=1S/C25H26F4N6O2.C2H6/c1-4-16-14-34(20(5-2)18-8-7-17(12-19(18)26)37-25(27,28)29)10-11-35(16)23-22-21(33(3)24(36)32-23)9-6-15(13-30)31-22;1-2/h6-9,12,16,20H,4-5,10-11,14H2,1-3H3;1-2H3. The Hall–Kier alpha value is -3.72. The summed E-state index contributed by atoms with van der Waals surface area (Å²) in [6.45, 7) is 9.33. The van der Waals surface area contributed by atoms with E-state index in [4.69, 9.17) is 0 Å². The zero-order valence-electron chi connectivity index (χ0n) is 22.6. The summed E-state index contributed by atoms with van der Waals surface area (Å²) in [5, 5.41) is 9.33. The Balaban J connectivity index is 0.00000205. The van der Waals surface area contributed by atoms with Crippen LogP contribution in [0.2, 0.25) is 0 Å². The fourth-order valence-corrected chi connectivity index (χ4v) is 4.91. The van der Waals surface area contributed by atoms with Crippen LogP contribution in [-0.2, 0) is 7.05 Å². The molecule has 2 aromatic heterocycles. The van der Waals surface area contributed by atoms with Gasteiger partial charge >= 0.3 is 12.1 Å². The topological polar surface area (TPSA) is 87.3 Å². The number of hydrogen-bond donors (Lipinski definition) is 0. The third-order valence-electron chi connectivity index (χ3n) is 6.70. The molecule has 39 heavy (non-hydrogen) atoms. The number of alkyl halides is 3. The maximum Gasteiger partial charge on any atom is 0.573 e. The predicted octanol–water partition coefficient (Wildman–Crippen LogP) is 5.32. The van der Waals surface area contributed by atoms with Crippen molar-refractivity contribution in [3.8, 4) is 11.8 Å². The van der Waals surface area contributed by atoms with E-state index in [1.54, 1.807) is 19.2 Å². The molecule has 1 fully saturated rings. The van der Waals surface area contributed by atoms with Gasteiger partial charge in [0.2, 0.25) is 0 Å². The number of aryl methyl sites for hydroxylation is 1. The lowest BCUT2D eigenvalue weighted by molar-refractivity contribution is -0.274. The highest BCUT2D eigenvalue weighted by molar-refractivity contribution is 5.86. The lowest BCUT2D eigenvalue weighted by atomic mass is 9.98. The number of fused-ring (bicyclic) bond motifs is 1. The number of ether oxygens (including phenoxy) is 1. The maximum atomic E-state index is 14.9. The Kier molecular flexibility index (Phi) is 9.50. The first-order valence-corrected chi connectivity index (χ1v) is 12.9. The van der Waals surface area contributed by atoms with Gasteiger partial charge < -0.3 is 9.64 Å². The summed E-state index contributed by atoms with van der Waals surface area (Å²) < 4.78 is 57.7. The quantitative estimate of drug-likeness (QED) is 0.386. The molecular formula is C27H32F4N6O2. The minimum atomic E-state index is -4.90. The van der Waals surface area contributed by atoms with E-state index in [0.29, 0.717) is 49.3 Å². The largest absolute Gasteiger partial charge is 0.573 e. The van der Waals surface area contributed by atoms with Crippen LogP contribution < -0.4 is 15.3 Å². The zero-order valence-corrected chi connectivity index (χ0v) is 22.6. The second-order valence-corrected chi connectivity index (χ2v) is 8.86. The van der Waals surface area contributed by atoms with Gasteiger partial charge in [-0.05, 0) is 31.0 Å². The predicted molar refractivity (Wildman–Crippen MR) is 140 cm³/mol. The van der Waals surface area contributed by atoms with Crippen LogP contribution in [0.3, 0.4) is 0 Å². The normalized spacial score (nSPS) is 16.8. The molecule has 4 rings (SSSR count). The van der Waals surface area contributed by atoms with Crippen molar-refractivity contribution in [3.63, 3.8) is 0 Å². The molecule has 1 aliphatic rings. The van der Waals surface area contributed by atoms with E-state index in [1.165, 1.54) is 10.6 Å². The summed E-state index contributed by atoms with van der Waals surface area (Å²) in [4.78, 5) is 25.4. The number of rotatable bonds is 6. The molecule has 0 amide bonds. The smallest absolute Gasteiger partial charge is 0.406 e. The summed E-state index contributed by atoms with van der Waals surface area (Å²) in [5.41, 5.74) is 1.06. The molecule has 0 aliphatic carbocycles. The molecule has 12 heteroatoms. The van der Waals surface area contributed by atoms with E-state index in [1.807, 2.05) is 38.7 Å². The molecule has 3 aromatic rings. The van der Waals surface area contributed by atoms with E-state index in [2.05, 4.69) is 19.6 Å². The summed E-state index contributed by atoms with van der Waals surface area (Å²) in [6, 6.07) is 7.98. The van der Waals surface area contributed by atoms with Gasteiger partial charge in [-0.15, -0.1) is 13.2 Å². The van der Waals surface area contributed by atoms with Gasteiger partial charge in [-0.2, -0.15) is 10.2 Å². The van der Waals surface area contributed by atoms with Gasteiger partial charge in [0.1, 0.15) is 28.8 Å². The Morgan fingerprint density at radius 2 is 1.87 bits per heavy atom. The van der Waals surface area contributed by atoms with Crippen LogP contribution in [0.15, 0.2) is 35.1 Å². The SMILES string of the molecule is CC.CCC(c1ccc(OC(F)(F)F)cc1F)N1CCN(c2nc(=O)n(C)c3ccc(C#N)nc23)C(CC)C1. The van der Waals surface area contributed by atoms with Gasteiger partial charge in [0.05, 0.1) is 5.52 Å². The van der Waals surface area contributed by atoms with Gasteiger partial charge in [0, 0.05) is 50.4 Å². The molecule has 3 heterocycles. The van der Waals surface area contributed by atoms with Crippen molar-refractivity contribution >= 4 is 16.9 Å². The average Bonchev–Trinajstić information content (AvgIpc) is 2.92. The lowest BCUT2D eigenvalue weighted by Crippen LogP contribution is -2.54. The van der Waals surface area contributed by atoms with Crippen molar-refractivity contribution in [3.05, 3.63) is 57.9 Å². The molecule has 8 nitrogen and oxygen atoms in total. The molecule has 1 saturated heterocycles. The van der Waals surface area contributed by atoms with Gasteiger partial charge in [0.15, 0.2) is 5.82 Å². The van der Waals surface area contributed by atoms with Crippen LogP contribution in [0, 0.1) is 17.1 Å². The first kappa shape index (κ1) is 29.8. The first-order chi connectivity index (χ1) is 18.6.